The molecule has 0 unspecified atom stereocenters. The highest BCUT2D eigenvalue weighted by Gasteiger charge is 2.40. The molecule has 16 heavy (non-hydrogen) atoms. The number of Topliss-reactive ketones (excluding diaryl/α,β-unsaturated/α-hetero) is 1. The zero-order valence-electron chi connectivity index (χ0n) is 9.20. The van der Waals surface area contributed by atoms with Gasteiger partial charge in [-0.2, -0.15) is 10.5 Å². The fraction of sp³-hybridized carbons (Fsp3) is 0.615. The standard InChI is InChI=1S/C13H14N2O/c1-2-7-13(9-14,10-15)11-5-3-4-6-12(16)8-11/h1,11H,3-8H2/t11-/m0/s1. The van der Waals surface area contributed by atoms with Crippen molar-refractivity contribution in [2.75, 3.05) is 0 Å². The van der Waals surface area contributed by atoms with Gasteiger partial charge in [0.1, 0.15) is 5.78 Å². The molecule has 1 fully saturated rings. The van der Waals surface area contributed by atoms with E-state index in [0.29, 0.717) is 12.8 Å². The zero-order chi connectivity index (χ0) is 12.0. The van der Waals surface area contributed by atoms with E-state index in [-0.39, 0.29) is 18.1 Å². The molecule has 0 bridgehead atoms. The zero-order valence-corrected chi connectivity index (χ0v) is 9.20. The summed E-state index contributed by atoms with van der Waals surface area (Å²) >= 11 is 0. The highest BCUT2D eigenvalue weighted by molar-refractivity contribution is 5.79. The molecule has 0 N–H and O–H groups in total. The second kappa shape index (κ2) is 5.34. The summed E-state index contributed by atoms with van der Waals surface area (Å²) in [5.41, 5.74) is -1.17. The first-order valence-corrected chi connectivity index (χ1v) is 5.46. The van der Waals surface area contributed by atoms with Crippen LogP contribution < -0.4 is 0 Å². The van der Waals surface area contributed by atoms with Crippen molar-refractivity contribution >= 4 is 5.78 Å². The third-order valence-corrected chi connectivity index (χ3v) is 3.21. The maximum absolute atomic E-state index is 11.5. The van der Waals surface area contributed by atoms with Gasteiger partial charge in [0.15, 0.2) is 5.41 Å². The molecule has 1 aliphatic rings. The Hall–Kier alpha value is -1.79. The van der Waals surface area contributed by atoms with Crippen LogP contribution in [0.5, 0.6) is 0 Å². The first-order valence-electron chi connectivity index (χ1n) is 5.46. The number of carbonyl (C=O) groups excluding carboxylic acids is 1. The maximum Gasteiger partial charge on any atom is 0.157 e. The van der Waals surface area contributed by atoms with Crippen LogP contribution in [0.25, 0.3) is 0 Å². The van der Waals surface area contributed by atoms with Crippen molar-refractivity contribution in [1.82, 2.24) is 0 Å². The van der Waals surface area contributed by atoms with Crippen LogP contribution in [0.2, 0.25) is 0 Å². The Bertz CT molecular complexity index is 378. The predicted octanol–water partition coefficient (Wildman–Crippen LogP) is 2.19. The Morgan fingerprint density at radius 2 is 2.06 bits per heavy atom. The lowest BCUT2D eigenvalue weighted by Gasteiger charge is -2.25. The molecule has 1 saturated carbocycles. The van der Waals surface area contributed by atoms with Gasteiger partial charge in [-0.15, -0.1) is 12.3 Å². The quantitative estimate of drug-likeness (QED) is 0.522. The third kappa shape index (κ3) is 2.41. The second-order valence-electron chi connectivity index (χ2n) is 4.26. The number of hydrogen-bond acceptors (Lipinski definition) is 3. The van der Waals surface area contributed by atoms with Crippen molar-refractivity contribution < 1.29 is 4.79 Å². The SMILES string of the molecule is C#CCC(C#N)(C#N)[C@H]1CCCCC(=O)C1. The van der Waals surface area contributed by atoms with E-state index >= 15 is 0 Å². The molecule has 3 nitrogen and oxygen atoms in total. The molecule has 0 saturated heterocycles. The van der Waals surface area contributed by atoms with Crippen LogP contribution in [0, 0.1) is 46.3 Å². The van der Waals surface area contributed by atoms with Gasteiger partial charge in [0.25, 0.3) is 0 Å². The van der Waals surface area contributed by atoms with Crippen molar-refractivity contribution in [1.29, 1.82) is 10.5 Å². The van der Waals surface area contributed by atoms with Crippen molar-refractivity contribution in [3.8, 4) is 24.5 Å². The number of rotatable bonds is 2. The Morgan fingerprint density at radius 1 is 1.38 bits per heavy atom. The van der Waals surface area contributed by atoms with E-state index in [1.165, 1.54) is 0 Å². The Morgan fingerprint density at radius 3 is 2.62 bits per heavy atom. The van der Waals surface area contributed by atoms with E-state index in [0.717, 1.165) is 19.3 Å². The lowest BCUT2D eigenvalue weighted by atomic mass is 9.72. The summed E-state index contributed by atoms with van der Waals surface area (Å²) in [6.45, 7) is 0. The number of nitriles is 2. The van der Waals surface area contributed by atoms with Crippen LogP contribution >= 0.6 is 0 Å². The largest absolute Gasteiger partial charge is 0.300 e. The number of ketones is 1. The van der Waals surface area contributed by atoms with Gasteiger partial charge >= 0.3 is 0 Å². The van der Waals surface area contributed by atoms with Crippen molar-refractivity contribution in [2.45, 2.75) is 38.5 Å². The number of hydrogen-bond donors (Lipinski definition) is 0. The van der Waals surface area contributed by atoms with E-state index in [9.17, 15) is 4.79 Å². The molecule has 0 aromatic rings. The van der Waals surface area contributed by atoms with E-state index in [1.54, 1.807) is 0 Å². The van der Waals surface area contributed by atoms with E-state index in [4.69, 9.17) is 16.9 Å². The summed E-state index contributed by atoms with van der Waals surface area (Å²) < 4.78 is 0. The van der Waals surface area contributed by atoms with E-state index < -0.39 is 5.41 Å². The summed E-state index contributed by atoms with van der Waals surface area (Å²) in [7, 11) is 0. The summed E-state index contributed by atoms with van der Waals surface area (Å²) in [5, 5.41) is 18.3. The molecule has 82 valence electrons. The van der Waals surface area contributed by atoms with Crippen LogP contribution in [0.3, 0.4) is 0 Å². The number of carbonyl (C=O) groups is 1. The van der Waals surface area contributed by atoms with Crippen molar-refractivity contribution in [3.63, 3.8) is 0 Å². The van der Waals surface area contributed by atoms with Gasteiger partial charge < -0.3 is 0 Å². The molecule has 0 aromatic heterocycles. The van der Waals surface area contributed by atoms with Gasteiger partial charge in [-0.05, 0) is 18.8 Å². The van der Waals surface area contributed by atoms with Gasteiger partial charge in [-0.3, -0.25) is 4.79 Å². The maximum atomic E-state index is 11.5. The molecular weight excluding hydrogens is 200 g/mol. The highest BCUT2D eigenvalue weighted by atomic mass is 16.1. The third-order valence-electron chi connectivity index (χ3n) is 3.21. The molecule has 0 radical (unpaired) electrons. The summed E-state index contributed by atoms with van der Waals surface area (Å²) in [6, 6.07) is 4.06. The molecule has 0 aliphatic heterocycles. The predicted molar refractivity (Wildman–Crippen MR) is 58.7 cm³/mol. The molecule has 1 aliphatic carbocycles. The minimum Gasteiger partial charge on any atom is -0.300 e. The van der Waals surface area contributed by atoms with Gasteiger partial charge in [0.2, 0.25) is 0 Å². The van der Waals surface area contributed by atoms with Gasteiger partial charge in [0.05, 0.1) is 12.1 Å². The lowest BCUT2D eigenvalue weighted by Crippen LogP contribution is -2.28. The normalized spacial score (nSPS) is 21.3. The number of terminal acetylenes is 1. The minimum atomic E-state index is -1.17. The second-order valence-corrected chi connectivity index (χ2v) is 4.26. The van der Waals surface area contributed by atoms with E-state index in [2.05, 4.69) is 5.92 Å². The monoisotopic (exact) mass is 214 g/mol. The Labute approximate surface area is 96.1 Å². The molecule has 0 spiro atoms. The summed E-state index contributed by atoms with van der Waals surface area (Å²) in [5.74, 6) is 2.33. The van der Waals surface area contributed by atoms with Crippen LogP contribution in [-0.2, 0) is 4.79 Å². The minimum absolute atomic E-state index is 0.109. The molecule has 0 amide bonds. The highest BCUT2D eigenvalue weighted by Crippen LogP contribution is 2.38. The topological polar surface area (TPSA) is 64.7 Å². The van der Waals surface area contributed by atoms with Crippen LogP contribution in [-0.4, -0.2) is 5.78 Å². The fourth-order valence-corrected chi connectivity index (χ4v) is 2.20. The molecule has 0 aromatic carbocycles. The summed E-state index contributed by atoms with van der Waals surface area (Å²) in [4.78, 5) is 11.5. The molecular formula is C13H14N2O. The number of nitrogens with zero attached hydrogens (tertiary/aromatic N) is 2. The summed E-state index contributed by atoms with van der Waals surface area (Å²) in [6.07, 6.45) is 8.71. The fourth-order valence-electron chi connectivity index (χ4n) is 2.20. The molecule has 0 heterocycles. The Balaban J connectivity index is 2.95. The van der Waals surface area contributed by atoms with Crippen LogP contribution in [0.4, 0.5) is 0 Å². The first kappa shape index (κ1) is 12.3. The Kier molecular flexibility index (Phi) is 4.10. The van der Waals surface area contributed by atoms with Crippen molar-refractivity contribution in [3.05, 3.63) is 0 Å². The molecule has 1 rings (SSSR count). The van der Waals surface area contributed by atoms with E-state index in [1.807, 2.05) is 12.1 Å². The molecule has 1 atom stereocenters. The average molecular weight is 214 g/mol. The van der Waals surface area contributed by atoms with Crippen LogP contribution in [0.15, 0.2) is 0 Å². The van der Waals surface area contributed by atoms with Crippen molar-refractivity contribution in [2.24, 2.45) is 11.3 Å². The molecule has 3 heteroatoms. The van der Waals surface area contributed by atoms with Gasteiger partial charge in [0, 0.05) is 19.3 Å². The van der Waals surface area contributed by atoms with Crippen LogP contribution in [0.1, 0.15) is 38.5 Å². The van der Waals surface area contributed by atoms with Gasteiger partial charge in [-0.25, -0.2) is 0 Å². The first-order chi connectivity index (χ1) is 7.68. The average Bonchev–Trinajstić information content (AvgIpc) is 2.51. The smallest absolute Gasteiger partial charge is 0.157 e. The van der Waals surface area contributed by atoms with Gasteiger partial charge in [-0.1, -0.05) is 6.42 Å². The lowest BCUT2D eigenvalue weighted by molar-refractivity contribution is -0.120.